The lowest BCUT2D eigenvalue weighted by molar-refractivity contribution is -0.242. The van der Waals surface area contributed by atoms with Crippen molar-refractivity contribution in [3.63, 3.8) is 0 Å². The first-order chi connectivity index (χ1) is 37.9. The third kappa shape index (κ3) is 6.68. The number of fused-ring (bicyclic) bond motifs is 6. The molecule has 3 heterocycles. The first kappa shape index (κ1) is 48.7. The zero-order valence-electron chi connectivity index (χ0n) is 44.2. The van der Waals surface area contributed by atoms with Gasteiger partial charge in [0.05, 0.1) is 23.5 Å². The van der Waals surface area contributed by atoms with Crippen molar-refractivity contribution in [2.24, 2.45) is 45.3 Å². The van der Waals surface area contributed by atoms with Gasteiger partial charge < -0.3 is 46.0 Å². The number of phenols is 5. The minimum Gasteiger partial charge on any atom is -0.507 e. The topological polar surface area (TPSA) is 194 Å². The zero-order chi connectivity index (χ0) is 52.9. The number of aryl methyl sites for hydroxylation is 1. The number of imidazole rings is 1. The first-order valence-electron chi connectivity index (χ1n) is 29.2. The van der Waals surface area contributed by atoms with Gasteiger partial charge >= 0.3 is 0 Å². The van der Waals surface area contributed by atoms with E-state index in [4.69, 9.17) is 4.98 Å². The Morgan fingerprint density at radius 3 is 2.41 bits per heavy atom. The van der Waals surface area contributed by atoms with Crippen molar-refractivity contribution < 1.29 is 35.7 Å². The Hall–Kier alpha value is -6.37. The molecule has 2 aliphatic heterocycles. The van der Waals surface area contributed by atoms with Gasteiger partial charge in [-0.15, -0.1) is 0 Å². The molecule has 6 aromatic rings. The number of piperidine rings is 2. The summed E-state index contributed by atoms with van der Waals surface area (Å²) in [5.74, 6) is 0.0664. The number of nitrogens with one attached hydrogen (secondary N) is 3. The van der Waals surface area contributed by atoms with E-state index in [1.165, 1.54) is 66.4 Å². The number of H-pyrrole nitrogens is 1. The molecule has 6 fully saturated rings. The summed E-state index contributed by atoms with van der Waals surface area (Å²) in [6.45, 7) is 0. The van der Waals surface area contributed by atoms with Crippen LogP contribution in [-0.4, -0.2) is 70.1 Å². The summed E-state index contributed by atoms with van der Waals surface area (Å²) in [6, 6.07) is 29.3. The number of phenolic OH excluding ortho intramolecular Hbond substituents is 5. The molecule has 4 spiro atoms. The van der Waals surface area contributed by atoms with Gasteiger partial charge in [-0.1, -0.05) is 116 Å². The Morgan fingerprint density at radius 1 is 0.705 bits per heavy atom. The number of aromatic nitrogens is 2. The largest absolute Gasteiger partial charge is 0.507 e. The molecule has 5 aromatic carbocycles. The van der Waals surface area contributed by atoms with Crippen LogP contribution in [0.5, 0.6) is 28.7 Å². The monoisotopic (exact) mass is 1040 g/mol. The lowest BCUT2D eigenvalue weighted by Gasteiger charge is -2.76. The molecule has 2 saturated heterocycles. The molecule has 15 atom stereocenters. The average molecular weight is 1050 g/mol. The van der Waals surface area contributed by atoms with Crippen LogP contribution >= 0.6 is 0 Å². The minimum absolute atomic E-state index is 0.000846. The number of benzene rings is 5. The van der Waals surface area contributed by atoms with Crippen molar-refractivity contribution in [3.8, 4) is 28.7 Å². The van der Waals surface area contributed by atoms with Crippen molar-refractivity contribution in [2.75, 3.05) is 0 Å². The maximum absolute atomic E-state index is 13.3. The molecule has 2 bridgehead atoms. The highest BCUT2D eigenvalue weighted by Crippen LogP contribution is 2.85. The fraction of sp³-hybridized carbons (Fsp3) is 0.448. The number of aromatic hydroxyl groups is 5. The fourth-order valence-electron chi connectivity index (χ4n) is 20.4. The molecule has 10 N–H and O–H groups in total. The molecule has 0 radical (unpaired) electrons. The van der Waals surface area contributed by atoms with E-state index in [9.17, 15) is 35.7 Å². The predicted molar refractivity (Wildman–Crippen MR) is 301 cm³/mol. The van der Waals surface area contributed by atoms with E-state index in [1.807, 2.05) is 18.5 Å². The molecule has 1 aromatic heterocycles. The number of aromatic amines is 1. The van der Waals surface area contributed by atoms with Gasteiger partial charge in [0.15, 0.2) is 23.0 Å². The van der Waals surface area contributed by atoms with E-state index in [2.05, 4.69) is 94.5 Å². The lowest BCUT2D eigenvalue weighted by Crippen LogP contribution is -2.80. The van der Waals surface area contributed by atoms with Crippen LogP contribution in [0, 0.1) is 45.3 Å². The number of nitrogens with zero attached hydrogens (tertiary/aromatic N) is 1. The van der Waals surface area contributed by atoms with E-state index >= 15 is 0 Å². The molecular formula is C67H72N4O7. The van der Waals surface area contributed by atoms with Crippen LogP contribution in [0.3, 0.4) is 0 Å². The number of rotatable bonds is 8. The molecule has 4 saturated carbocycles. The fourth-order valence-corrected chi connectivity index (χ4v) is 20.4. The Bertz CT molecular complexity index is 3460. The molecule has 15 rings (SSSR count). The summed E-state index contributed by atoms with van der Waals surface area (Å²) < 4.78 is 0. The Balaban J connectivity index is 0.848. The Morgan fingerprint density at radius 2 is 1.56 bits per heavy atom. The number of aliphatic hydroxyl groups excluding tert-OH is 2. The molecule has 0 amide bonds. The standard InChI is InChI=1S/C67H72N4O7/c72-51-21-15-40(31-54(51)75)14-19-46-47-9-4-10-52(73)56(47)59(78)58(77)48(46)20-13-38-11-16-41(17-12-38)50-35-63(34-45(70-55(76)36-63)30-39-6-2-1-3-7-39)49-32-44-24-27-64-26-23-42(33-64)57-62(69-37-68-57)67(61(49)71-50)60-53(74)22-18-43-8-5-25-65(43,60)28-29-66(44,64)67/h1-4,6-7,9-12,14-19,21-23,26,31,37,42-45,49-50,53,55,60-61,70-78H,5,8,13,20,24-25,27-30,32-36H2,(H,68,69). The van der Waals surface area contributed by atoms with Crippen LogP contribution in [-0.2, 0) is 24.7 Å². The maximum atomic E-state index is 13.3. The highest BCUT2D eigenvalue weighted by Gasteiger charge is 2.84. The summed E-state index contributed by atoms with van der Waals surface area (Å²) in [5, 5.41) is 89.0. The van der Waals surface area contributed by atoms with Gasteiger partial charge in [-0.25, -0.2) is 4.98 Å². The van der Waals surface area contributed by atoms with Crippen LogP contribution < -0.4 is 10.6 Å². The molecule has 11 heteroatoms. The molecule has 15 unspecified atom stereocenters. The van der Waals surface area contributed by atoms with Gasteiger partial charge in [0.25, 0.3) is 0 Å². The van der Waals surface area contributed by atoms with Crippen LogP contribution in [0.1, 0.15) is 134 Å². The molecule has 7 aliphatic carbocycles. The molecule has 9 aliphatic rings. The third-order valence-electron chi connectivity index (χ3n) is 22.9. The quantitative estimate of drug-likeness (QED) is 0.0398. The number of hydrogen-bond donors (Lipinski definition) is 10. The molecule has 402 valence electrons. The summed E-state index contributed by atoms with van der Waals surface area (Å²) in [5.41, 5.74) is 6.93. The molecular weight excluding hydrogens is 973 g/mol. The first-order valence-corrected chi connectivity index (χ1v) is 29.2. The number of aliphatic hydroxyl groups is 2. The van der Waals surface area contributed by atoms with Crippen molar-refractivity contribution in [2.45, 2.75) is 138 Å². The van der Waals surface area contributed by atoms with Crippen molar-refractivity contribution in [3.05, 3.63) is 166 Å². The smallest absolute Gasteiger partial charge is 0.169 e. The van der Waals surface area contributed by atoms with Crippen molar-refractivity contribution in [1.82, 2.24) is 20.6 Å². The second kappa shape index (κ2) is 17.6. The molecule has 78 heavy (non-hydrogen) atoms. The summed E-state index contributed by atoms with van der Waals surface area (Å²) in [4.78, 5) is 9.49. The van der Waals surface area contributed by atoms with Gasteiger partial charge in [0.1, 0.15) is 12.0 Å². The highest BCUT2D eigenvalue weighted by molar-refractivity contribution is 6.03. The van der Waals surface area contributed by atoms with Gasteiger partial charge in [0.2, 0.25) is 0 Å². The third-order valence-corrected chi connectivity index (χ3v) is 22.9. The van der Waals surface area contributed by atoms with Crippen molar-refractivity contribution >= 4 is 22.9 Å². The summed E-state index contributed by atoms with van der Waals surface area (Å²) >= 11 is 0. The van der Waals surface area contributed by atoms with E-state index in [1.54, 1.807) is 18.2 Å². The Kier molecular flexibility index (Phi) is 11.0. The van der Waals surface area contributed by atoms with Crippen LogP contribution in [0.15, 0.2) is 122 Å². The molecule has 11 nitrogen and oxygen atoms in total. The predicted octanol–water partition coefficient (Wildman–Crippen LogP) is 11.3. The second-order valence-electron chi connectivity index (χ2n) is 25.8. The van der Waals surface area contributed by atoms with Crippen LogP contribution in [0.4, 0.5) is 0 Å². The van der Waals surface area contributed by atoms with Gasteiger partial charge in [-0.2, -0.15) is 0 Å². The van der Waals surface area contributed by atoms with Crippen LogP contribution in [0.25, 0.3) is 22.9 Å². The maximum Gasteiger partial charge on any atom is 0.169 e. The van der Waals surface area contributed by atoms with Crippen molar-refractivity contribution in [1.29, 1.82) is 0 Å². The normalized spacial score (nSPS) is 37.7. The van der Waals surface area contributed by atoms with Crippen LogP contribution in [0.2, 0.25) is 0 Å². The van der Waals surface area contributed by atoms with E-state index in [0.717, 1.165) is 56.9 Å². The SMILES string of the molecule is Oc1ccc(C=Cc2c(CCc3ccc(C4CC5(CC(O)NC(Cc6ccccc6)C5)C5CC6CCC78C=CC(C7)c7[nH]cnc7C7(C5N4)C4C(O)C=CC5CCCC54CCC687)cc3)c(O)c(O)c3c(O)cccc23)cc1O. The van der Waals surface area contributed by atoms with E-state index in [-0.39, 0.29) is 91.7 Å². The average Bonchev–Trinajstić information content (AvgIpc) is 4.39. The lowest BCUT2D eigenvalue weighted by atomic mass is 9.29. The minimum atomic E-state index is -0.662. The second-order valence-corrected chi connectivity index (χ2v) is 25.8. The zero-order valence-corrected chi connectivity index (χ0v) is 44.2. The van der Waals surface area contributed by atoms with Gasteiger partial charge in [0, 0.05) is 46.6 Å². The van der Waals surface area contributed by atoms with Gasteiger partial charge in [-0.3, -0.25) is 5.32 Å². The number of hydrogen-bond acceptors (Lipinski definition) is 10. The summed E-state index contributed by atoms with van der Waals surface area (Å²) in [6.07, 6.45) is 28.7. The number of allylic oxidation sites excluding steroid dienone is 3. The highest BCUT2D eigenvalue weighted by atomic mass is 16.3. The summed E-state index contributed by atoms with van der Waals surface area (Å²) in [7, 11) is 0. The van der Waals surface area contributed by atoms with E-state index < -0.39 is 17.7 Å². The van der Waals surface area contributed by atoms with E-state index in [0.29, 0.717) is 53.2 Å². The Labute approximate surface area is 455 Å². The van der Waals surface area contributed by atoms with Gasteiger partial charge in [-0.05, 0) is 181 Å².